The maximum Gasteiger partial charge on any atom is 0.288 e. The van der Waals surface area contributed by atoms with E-state index in [0.717, 1.165) is 12.8 Å². The molecule has 1 aromatic heterocycles. The van der Waals surface area contributed by atoms with Crippen LogP contribution >= 0.6 is 0 Å². The van der Waals surface area contributed by atoms with Gasteiger partial charge in [0.2, 0.25) is 5.82 Å². The average Bonchev–Trinajstić information content (AvgIpc) is 2.68. The fraction of sp³-hybridized carbons (Fsp3) is 0.700. The van der Waals surface area contributed by atoms with Crippen LogP contribution in [0, 0.1) is 0 Å². The zero-order valence-corrected chi connectivity index (χ0v) is 9.49. The topological polar surface area (TPSA) is 79.9 Å². The van der Waals surface area contributed by atoms with E-state index in [-0.39, 0.29) is 23.4 Å². The summed E-state index contributed by atoms with van der Waals surface area (Å²) in [7, 11) is 0. The predicted molar refractivity (Wildman–Crippen MR) is 56.9 cm³/mol. The average molecular weight is 224 g/mol. The molecular formula is C10H16N4O2. The Morgan fingerprint density at radius 2 is 2.50 bits per heavy atom. The van der Waals surface area contributed by atoms with E-state index in [0.29, 0.717) is 6.61 Å². The van der Waals surface area contributed by atoms with Crippen molar-refractivity contribution in [1.82, 2.24) is 20.5 Å². The molecule has 6 nitrogen and oxygen atoms in total. The molecular weight excluding hydrogens is 208 g/mol. The van der Waals surface area contributed by atoms with Crippen LogP contribution in [0.3, 0.4) is 0 Å². The molecule has 0 bridgehead atoms. The second-order valence-electron chi connectivity index (χ2n) is 4.61. The molecule has 88 valence electrons. The number of rotatable bonds is 2. The Hall–Kier alpha value is -1.43. The van der Waals surface area contributed by atoms with Gasteiger partial charge in [-0.2, -0.15) is 5.10 Å². The monoisotopic (exact) mass is 224 g/mol. The molecule has 1 fully saturated rings. The van der Waals surface area contributed by atoms with Crippen LogP contribution in [-0.2, 0) is 4.74 Å². The number of carbonyl (C=O) groups is 1. The van der Waals surface area contributed by atoms with E-state index in [1.807, 2.05) is 13.8 Å². The van der Waals surface area contributed by atoms with Gasteiger partial charge in [0.25, 0.3) is 5.91 Å². The van der Waals surface area contributed by atoms with Gasteiger partial charge in [-0.1, -0.05) is 0 Å². The van der Waals surface area contributed by atoms with Crippen LogP contribution in [0.2, 0.25) is 0 Å². The number of hydrogen-bond donors (Lipinski definition) is 2. The van der Waals surface area contributed by atoms with Gasteiger partial charge in [-0.05, 0) is 26.7 Å². The first-order valence-electron chi connectivity index (χ1n) is 5.37. The molecule has 1 aliphatic rings. The molecule has 1 amide bonds. The van der Waals surface area contributed by atoms with Gasteiger partial charge in [0, 0.05) is 12.6 Å². The molecule has 16 heavy (non-hydrogen) atoms. The van der Waals surface area contributed by atoms with Crippen LogP contribution in [-0.4, -0.2) is 39.3 Å². The van der Waals surface area contributed by atoms with Gasteiger partial charge in [0.05, 0.1) is 5.60 Å². The van der Waals surface area contributed by atoms with E-state index in [2.05, 4.69) is 20.5 Å². The summed E-state index contributed by atoms with van der Waals surface area (Å²) in [5.74, 6) is 0.0458. The first-order valence-corrected chi connectivity index (χ1v) is 5.37. The molecule has 6 heteroatoms. The molecule has 1 saturated heterocycles. The van der Waals surface area contributed by atoms with Crippen molar-refractivity contribution in [3.05, 3.63) is 12.2 Å². The second-order valence-corrected chi connectivity index (χ2v) is 4.61. The summed E-state index contributed by atoms with van der Waals surface area (Å²) in [6.07, 6.45) is 2.97. The van der Waals surface area contributed by atoms with Crippen molar-refractivity contribution >= 4 is 5.91 Å². The Morgan fingerprint density at radius 3 is 3.12 bits per heavy atom. The number of aromatic nitrogens is 3. The highest BCUT2D eigenvalue weighted by atomic mass is 16.5. The minimum Gasteiger partial charge on any atom is -0.375 e. The molecule has 1 aliphatic heterocycles. The lowest BCUT2D eigenvalue weighted by atomic mass is 9.94. The van der Waals surface area contributed by atoms with E-state index in [1.54, 1.807) is 0 Å². The second kappa shape index (κ2) is 4.21. The summed E-state index contributed by atoms with van der Waals surface area (Å²) in [6.45, 7) is 4.73. The maximum absolute atomic E-state index is 11.7. The Labute approximate surface area is 93.8 Å². The van der Waals surface area contributed by atoms with Crippen molar-refractivity contribution in [2.75, 3.05) is 6.61 Å². The van der Waals surface area contributed by atoms with Crippen LogP contribution in [0.4, 0.5) is 0 Å². The van der Waals surface area contributed by atoms with Crippen molar-refractivity contribution < 1.29 is 9.53 Å². The number of carbonyl (C=O) groups excluding carboxylic acids is 1. The predicted octanol–water partition coefficient (Wildman–Crippen LogP) is 0.492. The number of aromatic amines is 1. The third-order valence-electron chi connectivity index (χ3n) is 2.66. The Bertz CT molecular complexity index is 361. The molecule has 2 rings (SSSR count). The fourth-order valence-electron chi connectivity index (χ4n) is 1.92. The van der Waals surface area contributed by atoms with Crippen LogP contribution < -0.4 is 5.32 Å². The van der Waals surface area contributed by atoms with Gasteiger partial charge in [0.1, 0.15) is 6.33 Å². The van der Waals surface area contributed by atoms with E-state index < -0.39 is 0 Å². The van der Waals surface area contributed by atoms with Crippen LogP contribution in [0.5, 0.6) is 0 Å². The first kappa shape index (κ1) is 11.1. The van der Waals surface area contributed by atoms with Crippen molar-refractivity contribution in [2.24, 2.45) is 0 Å². The Kier molecular flexibility index (Phi) is 2.91. The highest BCUT2D eigenvalue weighted by molar-refractivity contribution is 5.90. The molecule has 0 aromatic carbocycles. The lowest BCUT2D eigenvalue weighted by molar-refractivity contribution is -0.0615. The highest BCUT2D eigenvalue weighted by Gasteiger charge is 2.30. The Morgan fingerprint density at radius 1 is 1.69 bits per heavy atom. The van der Waals surface area contributed by atoms with E-state index in [4.69, 9.17) is 4.74 Å². The molecule has 0 saturated carbocycles. The number of H-pyrrole nitrogens is 1. The van der Waals surface area contributed by atoms with Crippen LogP contribution in [0.25, 0.3) is 0 Å². The molecule has 0 aliphatic carbocycles. The minimum absolute atomic E-state index is 0.140. The molecule has 1 unspecified atom stereocenters. The van der Waals surface area contributed by atoms with Gasteiger partial charge < -0.3 is 10.1 Å². The number of hydrogen-bond acceptors (Lipinski definition) is 4. The maximum atomic E-state index is 11.7. The van der Waals surface area contributed by atoms with Crippen molar-refractivity contribution in [3.8, 4) is 0 Å². The Balaban J connectivity index is 1.92. The normalized spacial score (nSPS) is 24.0. The molecule has 0 spiro atoms. The first-order chi connectivity index (χ1) is 7.57. The van der Waals surface area contributed by atoms with Crippen molar-refractivity contribution in [2.45, 2.75) is 38.3 Å². The third kappa shape index (κ3) is 2.57. The zero-order chi connectivity index (χ0) is 11.6. The summed E-state index contributed by atoms with van der Waals surface area (Å²) >= 11 is 0. The summed E-state index contributed by atoms with van der Waals surface area (Å²) < 4.78 is 5.58. The third-order valence-corrected chi connectivity index (χ3v) is 2.66. The van der Waals surface area contributed by atoms with E-state index in [1.165, 1.54) is 6.33 Å². The van der Waals surface area contributed by atoms with Gasteiger partial charge in [0.15, 0.2) is 0 Å². The van der Waals surface area contributed by atoms with E-state index >= 15 is 0 Å². The quantitative estimate of drug-likeness (QED) is 0.766. The largest absolute Gasteiger partial charge is 0.375 e. The number of ether oxygens (including phenoxy) is 1. The summed E-state index contributed by atoms with van der Waals surface area (Å²) in [5.41, 5.74) is -0.169. The van der Waals surface area contributed by atoms with Crippen molar-refractivity contribution in [3.63, 3.8) is 0 Å². The summed E-state index contributed by atoms with van der Waals surface area (Å²) in [5, 5.41) is 9.11. The summed E-state index contributed by atoms with van der Waals surface area (Å²) in [4.78, 5) is 15.5. The SMILES string of the molecule is CC1(C)CC(NC(=O)c2ncn[nH]2)CCO1. The summed E-state index contributed by atoms with van der Waals surface area (Å²) in [6, 6.07) is 0.140. The molecule has 2 heterocycles. The van der Waals surface area contributed by atoms with Crippen LogP contribution in [0.15, 0.2) is 6.33 Å². The lowest BCUT2D eigenvalue weighted by Crippen LogP contribution is -2.46. The molecule has 1 aromatic rings. The molecule has 2 N–H and O–H groups in total. The van der Waals surface area contributed by atoms with Gasteiger partial charge in [-0.3, -0.25) is 9.89 Å². The number of nitrogens with zero attached hydrogens (tertiary/aromatic N) is 2. The zero-order valence-electron chi connectivity index (χ0n) is 9.49. The molecule has 0 radical (unpaired) electrons. The van der Waals surface area contributed by atoms with Gasteiger partial charge in [-0.25, -0.2) is 4.98 Å². The van der Waals surface area contributed by atoms with Gasteiger partial charge in [-0.15, -0.1) is 0 Å². The van der Waals surface area contributed by atoms with Crippen LogP contribution in [0.1, 0.15) is 37.3 Å². The minimum atomic E-state index is -0.208. The smallest absolute Gasteiger partial charge is 0.288 e. The lowest BCUT2D eigenvalue weighted by Gasteiger charge is -2.35. The van der Waals surface area contributed by atoms with E-state index in [9.17, 15) is 4.79 Å². The van der Waals surface area contributed by atoms with Crippen molar-refractivity contribution in [1.29, 1.82) is 0 Å². The number of amides is 1. The standard InChI is InChI=1S/C10H16N4O2/c1-10(2)5-7(3-4-16-10)13-9(15)8-11-6-12-14-8/h6-7H,3-5H2,1-2H3,(H,13,15)(H,11,12,14). The fourth-order valence-corrected chi connectivity index (χ4v) is 1.92. The highest BCUT2D eigenvalue weighted by Crippen LogP contribution is 2.23. The molecule has 1 atom stereocenters. The number of nitrogens with one attached hydrogen (secondary N) is 2. The van der Waals surface area contributed by atoms with Gasteiger partial charge >= 0.3 is 0 Å².